The van der Waals surface area contributed by atoms with Gasteiger partial charge in [-0.1, -0.05) is 0 Å². The molecule has 2 heterocycles. The number of ether oxygens (including phenoxy) is 2. The molecule has 7 nitrogen and oxygen atoms in total. The van der Waals surface area contributed by atoms with Crippen molar-refractivity contribution >= 4 is 17.8 Å². The molecule has 1 fully saturated rings. The molecule has 1 atom stereocenters. The fourth-order valence-corrected chi connectivity index (χ4v) is 1.84. The number of carbonyl (C=O) groups is 2. The average Bonchev–Trinajstić information content (AvgIpc) is 2.46. The molecule has 1 aliphatic rings. The van der Waals surface area contributed by atoms with Crippen LogP contribution in [0.4, 0.5) is 5.82 Å². The molecule has 1 aromatic rings. The zero-order valence-corrected chi connectivity index (χ0v) is 10.4. The quantitative estimate of drug-likeness (QED) is 0.779. The van der Waals surface area contributed by atoms with Crippen LogP contribution in [0.15, 0.2) is 18.3 Å². The summed E-state index contributed by atoms with van der Waals surface area (Å²) in [7, 11) is 1.30. The number of aromatic nitrogens is 1. The smallest absolute Gasteiger partial charge is 0.338 e. The minimum atomic E-state index is -1.01. The molecule has 0 amide bonds. The lowest BCUT2D eigenvalue weighted by Gasteiger charge is -2.31. The number of anilines is 1. The monoisotopic (exact) mass is 266 g/mol. The second-order valence-corrected chi connectivity index (χ2v) is 4.04. The predicted octanol–water partition coefficient (Wildman–Crippen LogP) is 0.158. The van der Waals surface area contributed by atoms with E-state index in [1.54, 1.807) is 17.0 Å². The van der Waals surface area contributed by atoms with Crippen LogP contribution in [0.3, 0.4) is 0 Å². The summed E-state index contributed by atoms with van der Waals surface area (Å²) < 4.78 is 9.76. The number of esters is 1. The minimum Gasteiger partial charge on any atom is -0.479 e. The maximum atomic E-state index is 11.4. The molecule has 1 aromatic heterocycles. The Hall–Kier alpha value is -2.15. The van der Waals surface area contributed by atoms with Crippen LogP contribution in [0.5, 0.6) is 0 Å². The van der Waals surface area contributed by atoms with E-state index in [-0.39, 0.29) is 6.54 Å². The van der Waals surface area contributed by atoms with Gasteiger partial charge in [0.15, 0.2) is 6.10 Å². The van der Waals surface area contributed by atoms with Crippen LogP contribution in [0.25, 0.3) is 0 Å². The molecule has 0 saturated carbocycles. The lowest BCUT2D eigenvalue weighted by molar-refractivity contribution is -0.150. The van der Waals surface area contributed by atoms with Crippen LogP contribution in [0, 0.1) is 0 Å². The first-order chi connectivity index (χ1) is 9.11. The summed E-state index contributed by atoms with van der Waals surface area (Å²) in [6, 6.07) is 3.13. The van der Waals surface area contributed by atoms with Crippen molar-refractivity contribution in [2.75, 3.05) is 31.7 Å². The summed E-state index contributed by atoms with van der Waals surface area (Å²) in [5, 5.41) is 8.94. The van der Waals surface area contributed by atoms with Gasteiger partial charge in [0.25, 0.3) is 0 Å². The van der Waals surface area contributed by atoms with E-state index in [1.165, 1.54) is 13.3 Å². The highest BCUT2D eigenvalue weighted by atomic mass is 16.5. The van der Waals surface area contributed by atoms with Gasteiger partial charge < -0.3 is 19.5 Å². The van der Waals surface area contributed by atoms with E-state index in [0.717, 1.165) is 0 Å². The molecule has 0 aromatic carbocycles. The number of carboxylic acids is 1. The van der Waals surface area contributed by atoms with E-state index in [2.05, 4.69) is 9.72 Å². The molecule has 102 valence electrons. The number of aliphatic carboxylic acids is 1. The first kappa shape index (κ1) is 13.3. The van der Waals surface area contributed by atoms with E-state index in [9.17, 15) is 9.59 Å². The number of carboxylic acid groups (broad SMARTS) is 1. The molecule has 2 rings (SSSR count). The Balaban J connectivity index is 2.17. The van der Waals surface area contributed by atoms with Gasteiger partial charge >= 0.3 is 11.9 Å². The van der Waals surface area contributed by atoms with Gasteiger partial charge in [-0.25, -0.2) is 14.6 Å². The van der Waals surface area contributed by atoms with Crippen molar-refractivity contribution < 1.29 is 24.2 Å². The Morgan fingerprint density at radius 3 is 3.05 bits per heavy atom. The number of hydrogen-bond acceptors (Lipinski definition) is 6. The number of methoxy groups -OCH3 is 1. The zero-order chi connectivity index (χ0) is 13.8. The van der Waals surface area contributed by atoms with Crippen molar-refractivity contribution in [3.63, 3.8) is 0 Å². The molecule has 1 N–H and O–H groups in total. The molecule has 0 aliphatic carbocycles. The van der Waals surface area contributed by atoms with Crippen LogP contribution in [-0.4, -0.2) is 54.9 Å². The maximum absolute atomic E-state index is 11.4. The normalized spacial score (nSPS) is 19.0. The first-order valence-electron chi connectivity index (χ1n) is 5.75. The summed E-state index contributed by atoms with van der Waals surface area (Å²) in [5.41, 5.74) is 0.380. The van der Waals surface area contributed by atoms with Gasteiger partial charge in [0.2, 0.25) is 0 Å². The number of morpholine rings is 1. The van der Waals surface area contributed by atoms with Gasteiger partial charge in [-0.2, -0.15) is 0 Å². The van der Waals surface area contributed by atoms with Gasteiger partial charge in [-0.15, -0.1) is 0 Å². The molecule has 0 bridgehead atoms. The second-order valence-electron chi connectivity index (χ2n) is 4.04. The molecular weight excluding hydrogens is 252 g/mol. The van der Waals surface area contributed by atoms with E-state index in [0.29, 0.717) is 24.5 Å². The van der Waals surface area contributed by atoms with Gasteiger partial charge in [-0.05, 0) is 12.1 Å². The summed E-state index contributed by atoms with van der Waals surface area (Å²) in [6.07, 6.45) is 0.615. The van der Waals surface area contributed by atoms with Crippen LogP contribution < -0.4 is 4.90 Å². The van der Waals surface area contributed by atoms with Crippen molar-refractivity contribution in [2.45, 2.75) is 6.10 Å². The molecule has 1 aliphatic heterocycles. The van der Waals surface area contributed by atoms with E-state index < -0.39 is 18.0 Å². The van der Waals surface area contributed by atoms with Crippen molar-refractivity contribution in [1.29, 1.82) is 0 Å². The number of hydrogen-bond donors (Lipinski definition) is 1. The highest BCUT2D eigenvalue weighted by Crippen LogP contribution is 2.17. The first-order valence-corrected chi connectivity index (χ1v) is 5.75. The Morgan fingerprint density at radius 2 is 2.37 bits per heavy atom. The molecule has 0 radical (unpaired) electrons. The third-order valence-corrected chi connectivity index (χ3v) is 2.83. The summed E-state index contributed by atoms with van der Waals surface area (Å²) in [6.45, 7) is 1.04. The molecule has 1 unspecified atom stereocenters. The highest BCUT2D eigenvalue weighted by molar-refractivity contribution is 5.90. The molecule has 7 heteroatoms. The van der Waals surface area contributed by atoms with Crippen molar-refractivity contribution in [2.24, 2.45) is 0 Å². The minimum absolute atomic E-state index is 0.201. The zero-order valence-electron chi connectivity index (χ0n) is 10.4. The van der Waals surface area contributed by atoms with Crippen LogP contribution in [-0.2, 0) is 14.3 Å². The molecule has 19 heavy (non-hydrogen) atoms. The van der Waals surface area contributed by atoms with Crippen LogP contribution >= 0.6 is 0 Å². The fraction of sp³-hybridized carbons (Fsp3) is 0.417. The van der Waals surface area contributed by atoms with Crippen molar-refractivity contribution in [3.8, 4) is 0 Å². The number of carbonyl (C=O) groups excluding carboxylic acids is 1. The SMILES string of the molecule is COC(=O)c1ccnc(N2CCOC(C(=O)O)C2)c1. The fourth-order valence-electron chi connectivity index (χ4n) is 1.84. The third kappa shape index (κ3) is 3.00. The van der Waals surface area contributed by atoms with E-state index in [4.69, 9.17) is 9.84 Å². The van der Waals surface area contributed by atoms with Crippen molar-refractivity contribution in [3.05, 3.63) is 23.9 Å². The van der Waals surface area contributed by atoms with Crippen molar-refractivity contribution in [1.82, 2.24) is 4.98 Å². The Bertz CT molecular complexity index is 491. The molecule has 1 saturated heterocycles. The largest absolute Gasteiger partial charge is 0.479 e. The Labute approximate surface area is 109 Å². The highest BCUT2D eigenvalue weighted by Gasteiger charge is 2.27. The van der Waals surface area contributed by atoms with Gasteiger partial charge in [0.05, 0.1) is 25.8 Å². The number of nitrogens with zero attached hydrogens (tertiary/aromatic N) is 2. The van der Waals surface area contributed by atoms with E-state index >= 15 is 0 Å². The number of pyridine rings is 1. The lowest BCUT2D eigenvalue weighted by Crippen LogP contribution is -2.46. The van der Waals surface area contributed by atoms with Gasteiger partial charge in [0, 0.05) is 12.7 Å². The molecule has 0 spiro atoms. The maximum Gasteiger partial charge on any atom is 0.338 e. The predicted molar refractivity (Wildman–Crippen MR) is 65.2 cm³/mol. The van der Waals surface area contributed by atoms with Crippen LogP contribution in [0.2, 0.25) is 0 Å². The Kier molecular flexibility index (Phi) is 3.96. The van der Waals surface area contributed by atoms with Gasteiger partial charge in [-0.3, -0.25) is 0 Å². The van der Waals surface area contributed by atoms with E-state index in [1.807, 2.05) is 0 Å². The lowest BCUT2D eigenvalue weighted by atomic mass is 10.2. The second kappa shape index (κ2) is 5.66. The standard InChI is InChI=1S/C12H14N2O5/c1-18-12(17)8-2-3-13-10(6-8)14-4-5-19-9(7-14)11(15)16/h2-3,6,9H,4-5,7H2,1H3,(H,15,16). The summed E-state index contributed by atoms with van der Waals surface area (Å²) in [5.74, 6) is -0.919. The van der Waals surface area contributed by atoms with Gasteiger partial charge in [0.1, 0.15) is 5.82 Å². The summed E-state index contributed by atoms with van der Waals surface area (Å²) >= 11 is 0. The Morgan fingerprint density at radius 1 is 1.58 bits per heavy atom. The molecular formula is C12H14N2O5. The average molecular weight is 266 g/mol. The topological polar surface area (TPSA) is 89.0 Å². The number of rotatable bonds is 3. The third-order valence-electron chi connectivity index (χ3n) is 2.83. The van der Waals surface area contributed by atoms with Crippen LogP contribution in [0.1, 0.15) is 10.4 Å². The summed E-state index contributed by atoms with van der Waals surface area (Å²) in [4.78, 5) is 28.3.